The van der Waals surface area contributed by atoms with Crippen molar-refractivity contribution < 1.29 is 29.0 Å². The molecule has 10 nitrogen and oxygen atoms in total. The number of aliphatic hydroxyl groups is 1. The molecule has 2 aromatic rings. The summed E-state index contributed by atoms with van der Waals surface area (Å²) < 4.78 is 5.42. The number of fused-ring (bicyclic) bond motifs is 2. The fraction of sp³-hybridized carbons (Fsp3) is 0.538. The van der Waals surface area contributed by atoms with Crippen molar-refractivity contribution in [2.45, 2.75) is 44.2 Å². The third-order valence-corrected chi connectivity index (χ3v) is 8.04. The van der Waals surface area contributed by atoms with Crippen LogP contribution in [0.5, 0.6) is 5.75 Å². The summed E-state index contributed by atoms with van der Waals surface area (Å²) in [5.41, 5.74) is 1.14. The van der Waals surface area contributed by atoms with Gasteiger partial charge in [0.1, 0.15) is 24.1 Å². The molecule has 2 saturated heterocycles. The maximum atomic E-state index is 13.7. The number of nitrogens with one attached hydrogen (secondary N) is 3. The summed E-state index contributed by atoms with van der Waals surface area (Å²) in [6.07, 6.45) is 3.47. The first-order valence-electron chi connectivity index (χ1n) is 12.6. The van der Waals surface area contributed by atoms with E-state index >= 15 is 0 Å². The van der Waals surface area contributed by atoms with E-state index in [4.69, 9.17) is 4.74 Å². The molecule has 3 fully saturated rings. The molecule has 0 radical (unpaired) electrons. The number of likely N-dealkylation sites (tertiary alicyclic amines) is 1. The van der Waals surface area contributed by atoms with Crippen molar-refractivity contribution in [2.24, 2.45) is 17.8 Å². The summed E-state index contributed by atoms with van der Waals surface area (Å²) in [6, 6.07) is 5.57. The maximum absolute atomic E-state index is 13.7. The zero-order valence-electron chi connectivity index (χ0n) is 20.3. The molecule has 5 atom stereocenters. The molecule has 0 spiro atoms. The molecule has 1 aromatic carbocycles. The van der Waals surface area contributed by atoms with Crippen molar-refractivity contribution in [3.05, 3.63) is 30.0 Å². The summed E-state index contributed by atoms with van der Waals surface area (Å²) >= 11 is 0. The predicted molar refractivity (Wildman–Crippen MR) is 130 cm³/mol. The van der Waals surface area contributed by atoms with Gasteiger partial charge in [-0.15, -0.1) is 0 Å². The van der Waals surface area contributed by atoms with Gasteiger partial charge in [0.25, 0.3) is 5.91 Å². The molecule has 1 aromatic heterocycles. The Morgan fingerprint density at radius 1 is 1.25 bits per heavy atom. The number of nitrogens with zero attached hydrogens (tertiary/aromatic N) is 1. The SMILES string of the molecule is COc1cccc2[nH]c(C(=O)N3CC4CCCC4[C@H]3C(=O)NC(CC3CCNC3=O)C(=O)CO)cc12. The zero-order valence-corrected chi connectivity index (χ0v) is 20.3. The highest BCUT2D eigenvalue weighted by Crippen LogP contribution is 2.43. The second-order valence-corrected chi connectivity index (χ2v) is 10.1. The van der Waals surface area contributed by atoms with Gasteiger partial charge in [0.05, 0.1) is 13.2 Å². The fourth-order valence-corrected chi connectivity index (χ4v) is 6.22. The molecule has 1 saturated carbocycles. The lowest BCUT2D eigenvalue weighted by molar-refractivity contribution is -0.133. The second-order valence-electron chi connectivity index (χ2n) is 10.1. The van der Waals surface area contributed by atoms with Crippen LogP contribution < -0.4 is 15.4 Å². The van der Waals surface area contributed by atoms with Crippen molar-refractivity contribution in [3.8, 4) is 5.75 Å². The molecule has 4 unspecified atom stereocenters. The van der Waals surface area contributed by atoms with E-state index in [0.717, 1.165) is 30.2 Å². The summed E-state index contributed by atoms with van der Waals surface area (Å²) in [5.74, 6) is -0.889. The van der Waals surface area contributed by atoms with Gasteiger partial charge < -0.3 is 30.4 Å². The van der Waals surface area contributed by atoms with Crippen molar-refractivity contribution in [1.82, 2.24) is 20.5 Å². The van der Waals surface area contributed by atoms with Crippen LogP contribution in [0, 0.1) is 17.8 Å². The first kappa shape index (κ1) is 24.3. The number of carbonyl (C=O) groups is 4. The topological polar surface area (TPSA) is 141 Å². The summed E-state index contributed by atoms with van der Waals surface area (Å²) in [6.45, 7) is 0.273. The van der Waals surface area contributed by atoms with Crippen LogP contribution in [-0.2, 0) is 14.4 Å². The van der Waals surface area contributed by atoms with Gasteiger partial charge in [0.15, 0.2) is 5.78 Å². The Balaban J connectivity index is 1.39. The number of hydrogen-bond acceptors (Lipinski definition) is 6. The minimum Gasteiger partial charge on any atom is -0.496 e. The number of carbonyl (C=O) groups excluding carboxylic acids is 4. The van der Waals surface area contributed by atoms with Gasteiger partial charge in [-0.3, -0.25) is 19.2 Å². The van der Waals surface area contributed by atoms with Gasteiger partial charge in [0.2, 0.25) is 11.8 Å². The van der Waals surface area contributed by atoms with Crippen LogP contribution in [0.15, 0.2) is 24.3 Å². The number of aromatic amines is 1. The second kappa shape index (κ2) is 9.93. The van der Waals surface area contributed by atoms with Crippen molar-refractivity contribution in [1.29, 1.82) is 0 Å². The van der Waals surface area contributed by atoms with E-state index < -0.39 is 36.3 Å². The van der Waals surface area contributed by atoms with Crippen LogP contribution in [0.25, 0.3) is 10.9 Å². The van der Waals surface area contributed by atoms with E-state index in [9.17, 15) is 24.3 Å². The van der Waals surface area contributed by atoms with Crippen molar-refractivity contribution in [2.75, 3.05) is 26.8 Å². The smallest absolute Gasteiger partial charge is 0.271 e. The lowest BCUT2D eigenvalue weighted by Gasteiger charge is -2.29. The number of ether oxygens (including phenoxy) is 1. The lowest BCUT2D eigenvalue weighted by Crippen LogP contribution is -2.53. The number of ketones is 1. The van der Waals surface area contributed by atoms with E-state index in [1.54, 1.807) is 18.1 Å². The number of aliphatic hydroxyl groups excluding tert-OH is 1. The van der Waals surface area contributed by atoms with Gasteiger partial charge in [-0.2, -0.15) is 0 Å². The average Bonchev–Trinajstić information content (AvgIpc) is 3.66. The molecule has 3 aliphatic rings. The van der Waals surface area contributed by atoms with Crippen LogP contribution in [0.2, 0.25) is 0 Å². The fourth-order valence-electron chi connectivity index (χ4n) is 6.22. The van der Waals surface area contributed by atoms with Gasteiger partial charge in [-0.05, 0) is 55.7 Å². The molecule has 10 heteroatoms. The van der Waals surface area contributed by atoms with Crippen LogP contribution in [0.4, 0.5) is 0 Å². The Hall–Kier alpha value is -3.40. The quantitative estimate of drug-likeness (QED) is 0.430. The van der Waals surface area contributed by atoms with Crippen LogP contribution in [-0.4, -0.2) is 77.4 Å². The molecule has 0 bridgehead atoms. The highest BCUT2D eigenvalue weighted by molar-refractivity contribution is 6.02. The number of methoxy groups -OCH3 is 1. The van der Waals surface area contributed by atoms with E-state index in [2.05, 4.69) is 15.6 Å². The number of Topliss-reactive ketones (excluding diaryl/α,β-unsaturated/α-hetero) is 1. The monoisotopic (exact) mass is 496 g/mol. The highest BCUT2D eigenvalue weighted by Gasteiger charge is 2.50. The first-order valence-corrected chi connectivity index (χ1v) is 12.6. The summed E-state index contributed by atoms with van der Waals surface area (Å²) in [4.78, 5) is 56.6. The Morgan fingerprint density at radius 3 is 2.81 bits per heavy atom. The number of rotatable bonds is 8. The maximum Gasteiger partial charge on any atom is 0.271 e. The molecule has 1 aliphatic carbocycles. The minimum absolute atomic E-state index is 0.00696. The molecule has 3 amide bonds. The Kier molecular flexibility index (Phi) is 6.70. The Labute approximate surface area is 208 Å². The summed E-state index contributed by atoms with van der Waals surface area (Å²) in [5, 5.41) is 15.8. The molecule has 2 aliphatic heterocycles. The van der Waals surface area contributed by atoms with Crippen molar-refractivity contribution >= 4 is 34.4 Å². The van der Waals surface area contributed by atoms with Crippen LogP contribution in [0.3, 0.4) is 0 Å². The van der Waals surface area contributed by atoms with E-state index in [0.29, 0.717) is 31.0 Å². The standard InChI is InChI=1S/C26H32N4O6/c1-36-22-7-3-6-18-17(22)11-20(28-18)26(35)30-12-15-4-2-5-16(15)23(30)25(34)29-19(21(32)13-31)10-14-8-9-27-24(14)33/h3,6-7,11,14-16,19,23,28,31H,2,4-5,8-10,12-13H2,1H3,(H,27,33)(H,29,34)/t14?,15?,16?,19?,23-/m0/s1. The van der Waals surface area contributed by atoms with Gasteiger partial charge >= 0.3 is 0 Å². The molecule has 3 heterocycles. The number of aromatic nitrogens is 1. The normalized spacial score (nSPS) is 26.1. The molecule has 36 heavy (non-hydrogen) atoms. The number of benzene rings is 1. The molecular formula is C26H32N4O6. The molecular weight excluding hydrogens is 464 g/mol. The van der Waals surface area contributed by atoms with E-state index in [-0.39, 0.29) is 30.1 Å². The van der Waals surface area contributed by atoms with Gasteiger partial charge in [-0.1, -0.05) is 12.5 Å². The highest BCUT2D eigenvalue weighted by atomic mass is 16.5. The lowest BCUT2D eigenvalue weighted by atomic mass is 9.92. The van der Waals surface area contributed by atoms with Crippen LogP contribution >= 0.6 is 0 Å². The van der Waals surface area contributed by atoms with E-state index in [1.165, 1.54) is 0 Å². The minimum atomic E-state index is -0.980. The molecule has 5 rings (SSSR count). The van der Waals surface area contributed by atoms with E-state index in [1.807, 2.05) is 18.2 Å². The third-order valence-electron chi connectivity index (χ3n) is 8.04. The number of amides is 3. The first-order chi connectivity index (χ1) is 17.4. The van der Waals surface area contributed by atoms with Gasteiger partial charge in [-0.25, -0.2) is 0 Å². The van der Waals surface area contributed by atoms with Crippen molar-refractivity contribution in [3.63, 3.8) is 0 Å². The largest absolute Gasteiger partial charge is 0.496 e. The molecule has 4 N–H and O–H groups in total. The average molecular weight is 497 g/mol. The van der Waals surface area contributed by atoms with Crippen LogP contribution in [0.1, 0.15) is 42.6 Å². The number of hydrogen-bond donors (Lipinski definition) is 4. The zero-order chi connectivity index (χ0) is 25.4. The Bertz CT molecular complexity index is 1190. The number of H-pyrrole nitrogens is 1. The molecule has 192 valence electrons. The van der Waals surface area contributed by atoms with Gasteiger partial charge in [0, 0.05) is 29.9 Å². The summed E-state index contributed by atoms with van der Waals surface area (Å²) in [7, 11) is 1.57. The third kappa shape index (κ3) is 4.34. The predicted octanol–water partition coefficient (Wildman–Crippen LogP) is 0.990. The Morgan fingerprint density at radius 2 is 2.08 bits per heavy atom.